The molecule has 0 aromatic carbocycles. The summed E-state index contributed by atoms with van der Waals surface area (Å²) in [5.74, 6) is -1.37. The Morgan fingerprint density at radius 1 is 1.44 bits per heavy atom. The fourth-order valence-corrected chi connectivity index (χ4v) is 2.50. The minimum Gasteiger partial charge on any atom is -0.480 e. The number of nitrogens with zero attached hydrogens (tertiary/aromatic N) is 1. The molecule has 0 aliphatic rings. The van der Waals surface area contributed by atoms with Crippen LogP contribution in [0.15, 0.2) is 17.5 Å². The maximum atomic E-state index is 12.3. The van der Waals surface area contributed by atoms with E-state index in [0.29, 0.717) is 0 Å². The zero-order chi connectivity index (χ0) is 13.7. The zero-order valence-corrected chi connectivity index (χ0v) is 11.7. The molecule has 0 unspecified atom stereocenters. The van der Waals surface area contributed by atoms with Gasteiger partial charge in [0.1, 0.15) is 6.54 Å². The number of carbonyl (C=O) groups is 2. The van der Waals surface area contributed by atoms with Crippen LogP contribution in [0.1, 0.15) is 38.0 Å². The predicted molar refractivity (Wildman–Crippen MR) is 71.8 cm³/mol. The molecule has 18 heavy (non-hydrogen) atoms. The van der Waals surface area contributed by atoms with E-state index in [1.54, 1.807) is 0 Å². The molecule has 5 heteroatoms. The standard InChI is InChI=1S/C13H19NO3S/c1-4-9(2)14(8-12(15)16)13(17)10(3)11-6-5-7-18-11/h5-7,9-10H,4,8H2,1-3H3,(H,15,16)/t9-,10+/m0/s1. The lowest BCUT2D eigenvalue weighted by Gasteiger charge is -2.29. The van der Waals surface area contributed by atoms with Gasteiger partial charge in [0.15, 0.2) is 0 Å². The largest absolute Gasteiger partial charge is 0.480 e. The minimum atomic E-state index is -0.970. The topological polar surface area (TPSA) is 57.6 Å². The molecule has 0 spiro atoms. The van der Waals surface area contributed by atoms with Crippen molar-refractivity contribution in [1.29, 1.82) is 0 Å². The van der Waals surface area contributed by atoms with E-state index in [-0.39, 0.29) is 24.4 Å². The second kappa shape index (κ2) is 6.54. The molecule has 100 valence electrons. The van der Waals surface area contributed by atoms with Crippen LogP contribution in [0, 0.1) is 0 Å². The van der Waals surface area contributed by atoms with Crippen LogP contribution in [0.3, 0.4) is 0 Å². The molecule has 1 aromatic heterocycles. The lowest BCUT2D eigenvalue weighted by atomic mass is 10.1. The summed E-state index contributed by atoms with van der Waals surface area (Å²) < 4.78 is 0. The number of carboxylic acid groups (broad SMARTS) is 1. The Labute approximate surface area is 111 Å². The third-order valence-corrected chi connectivity index (χ3v) is 4.11. The Bertz CT molecular complexity index is 402. The summed E-state index contributed by atoms with van der Waals surface area (Å²) in [5, 5.41) is 10.8. The molecular weight excluding hydrogens is 250 g/mol. The van der Waals surface area contributed by atoms with E-state index in [4.69, 9.17) is 5.11 Å². The fourth-order valence-electron chi connectivity index (χ4n) is 1.73. The molecule has 0 fully saturated rings. The number of amides is 1. The minimum absolute atomic E-state index is 0.0592. The fraction of sp³-hybridized carbons (Fsp3) is 0.538. The molecule has 0 aliphatic carbocycles. The van der Waals surface area contributed by atoms with Crippen molar-refractivity contribution in [1.82, 2.24) is 4.90 Å². The smallest absolute Gasteiger partial charge is 0.323 e. The van der Waals surface area contributed by atoms with E-state index in [9.17, 15) is 9.59 Å². The lowest BCUT2D eigenvalue weighted by molar-refractivity contribution is -0.146. The van der Waals surface area contributed by atoms with Gasteiger partial charge in [0.2, 0.25) is 5.91 Å². The molecule has 0 bridgehead atoms. The van der Waals surface area contributed by atoms with Gasteiger partial charge in [-0.15, -0.1) is 11.3 Å². The molecule has 4 nitrogen and oxygen atoms in total. The summed E-state index contributed by atoms with van der Waals surface area (Å²) in [5.41, 5.74) is 0. The van der Waals surface area contributed by atoms with Gasteiger partial charge in [-0.1, -0.05) is 13.0 Å². The van der Waals surface area contributed by atoms with Crippen LogP contribution in [0.5, 0.6) is 0 Å². The van der Waals surface area contributed by atoms with Gasteiger partial charge < -0.3 is 10.0 Å². The molecule has 0 saturated heterocycles. The van der Waals surface area contributed by atoms with Gasteiger partial charge in [0.25, 0.3) is 0 Å². The average molecular weight is 269 g/mol. The van der Waals surface area contributed by atoms with Gasteiger partial charge in [0, 0.05) is 10.9 Å². The first-order chi connectivity index (χ1) is 8.47. The van der Waals surface area contributed by atoms with Crippen molar-refractivity contribution < 1.29 is 14.7 Å². The van der Waals surface area contributed by atoms with Crippen LogP contribution in [0.25, 0.3) is 0 Å². The summed E-state index contributed by atoms with van der Waals surface area (Å²) in [4.78, 5) is 25.6. The Morgan fingerprint density at radius 3 is 2.56 bits per heavy atom. The maximum absolute atomic E-state index is 12.3. The van der Waals surface area contributed by atoms with Crippen LogP contribution in [-0.4, -0.2) is 34.5 Å². The molecule has 1 amide bonds. The molecule has 2 atom stereocenters. The molecule has 0 radical (unpaired) electrons. The number of thiophene rings is 1. The van der Waals surface area contributed by atoms with E-state index in [1.165, 1.54) is 16.2 Å². The number of carbonyl (C=O) groups excluding carboxylic acids is 1. The number of aliphatic carboxylic acids is 1. The molecule has 1 N–H and O–H groups in total. The highest BCUT2D eigenvalue weighted by atomic mass is 32.1. The van der Waals surface area contributed by atoms with Gasteiger partial charge in [-0.3, -0.25) is 9.59 Å². The normalized spacial score (nSPS) is 13.9. The first kappa shape index (κ1) is 14.7. The lowest BCUT2D eigenvalue weighted by Crippen LogP contribution is -2.43. The van der Waals surface area contributed by atoms with Gasteiger partial charge in [-0.05, 0) is 31.7 Å². The molecule has 0 saturated carbocycles. The van der Waals surface area contributed by atoms with Crippen LogP contribution in [0.4, 0.5) is 0 Å². The first-order valence-electron chi connectivity index (χ1n) is 6.03. The van der Waals surface area contributed by atoms with Crippen molar-refractivity contribution >= 4 is 23.2 Å². The second-order valence-electron chi connectivity index (χ2n) is 4.35. The molecule has 1 aromatic rings. The summed E-state index contributed by atoms with van der Waals surface area (Å²) in [6.07, 6.45) is 0.746. The number of rotatable bonds is 6. The van der Waals surface area contributed by atoms with Gasteiger partial charge in [-0.2, -0.15) is 0 Å². The highest BCUT2D eigenvalue weighted by Gasteiger charge is 2.27. The summed E-state index contributed by atoms with van der Waals surface area (Å²) in [6, 6.07) is 3.74. The van der Waals surface area contributed by atoms with Gasteiger partial charge in [0.05, 0.1) is 5.92 Å². The molecule has 1 heterocycles. The number of carboxylic acids is 1. The monoisotopic (exact) mass is 269 g/mol. The van der Waals surface area contributed by atoms with E-state index in [1.807, 2.05) is 38.3 Å². The third kappa shape index (κ3) is 3.57. The van der Waals surface area contributed by atoms with Crippen LogP contribution < -0.4 is 0 Å². The van der Waals surface area contributed by atoms with E-state index in [0.717, 1.165) is 11.3 Å². The summed E-state index contributed by atoms with van der Waals surface area (Å²) in [7, 11) is 0. The third-order valence-electron chi connectivity index (χ3n) is 3.05. The second-order valence-corrected chi connectivity index (χ2v) is 5.33. The quantitative estimate of drug-likeness (QED) is 0.863. The summed E-state index contributed by atoms with van der Waals surface area (Å²) >= 11 is 1.52. The Kier molecular flexibility index (Phi) is 5.34. The average Bonchev–Trinajstić information content (AvgIpc) is 2.86. The van der Waals surface area contributed by atoms with Crippen molar-refractivity contribution in [3.05, 3.63) is 22.4 Å². The summed E-state index contributed by atoms with van der Waals surface area (Å²) in [6.45, 7) is 5.42. The van der Waals surface area contributed by atoms with Crippen LogP contribution >= 0.6 is 11.3 Å². The highest BCUT2D eigenvalue weighted by molar-refractivity contribution is 7.10. The number of hydrogen-bond donors (Lipinski definition) is 1. The van der Waals surface area contributed by atoms with E-state index in [2.05, 4.69) is 0 Å². The highest BCUT2D eigenvalue weighted by Crippen LogP contribution is 2.24. The zero-order valence-electron chi connectivity index (χ0n) is 10.9. The Morgan fingerprint density at radius 2 is 2.11 bits per heavy atom. The Balaban J connectivity index is 2.84. The van der Waals surface area contributed by atoms with Crippen molar-refractivity contribution in [3.63, 3.8) is 0 Å². The predicted octanol–water partition coefficient (Wildman–Crippen LogP) is 2.56. The van der Waals surface area contributed by atoms with Crippen LogP contribution in [0.2, 0.25) is 0 Å². The van der Waals surface area contributed by atoms with Crippen molar-refractivity contribution in [2.75, 3.05) is 6.54 Å². The maximum Gasteiger partial charge on any atom is 0.323 e. The van der Waals surface area contributed by atoms with Crippen LogP contribution in [-0.2, 0) is 9.59 Å². The van der Waals surface area contributed by atoms with Crippen molar-refractivity contribution in [2.24, 2.45) is 0 Å². The van der Waals surface area contributed by atoms with E-state index >= 15 is 0 Å². The molecule has 1 rings (SSSR count). The van der Waals surface area contributed by atoms with Gasteiger partial charge >= 0.3 is 5.97 Å². The molecular formula is C13H19NO3S. The Hall–Kier alpha value is -1.36. The van der Waals surface area contributed by atoms with Crippen molar-refractivity contribution in [2.45, 2.75) is 39.2 Å². The van der Waals surface area contributed by atoms with Gasteiger partial charge in [-0.25, -0.2) is 0 Å². The number of hydrogen-bond acceptors (Lipinski definition) is 3. The van der Waals surface area contributed by atoms with Crippen molar-refractivity contribution in [3.8, 4) is 0 Å². The first-order valence-corrected chi connectivity index (χ1v) is 6.91. The SMILES string of the molecule is CC[C@H](C)N(CC(=O)O)C(=O)[C@H](C)c1cccs1. The van der Waals surface area contributed by atoms with E-state index < -0.39 is 5.97 Å². The molecule has 0 aliphatic heterocycles.